The third kappa shape index (κ3) is 3.81. The summed E-state index contributed by atoms with van der Waals surface area (Å²) in [5.41, 5.74) is 0. The topological polar surface area (TPSA) is 66.8 Å². The van der Waals surface area contributed by atoms with Crippen LogP contribution in [0.1, 0.15) is 26.7 Å². The molecule has 0 aromatic carbocycles. The Kier molecular flexibility index (Phi) is 4.73. The van der Waals surface area contributed by atoms with Crippen molar-refractivity contribution in [1.29, 1.82) is 0 Å². The molecule has 1 saturated heterocycles. The second-order valence-corrected chi connectivity index (χ2v) is 4.27. The molecular weight excluding hydrogens is 210 g/mol. The van der Waals surface area contributed by atoms with Crippen molar-refractivity contribution >= 4 is 11.9 Å². The van der Waals surface area contributed by atoms with Crippen LogP contribution in [0, 0.1) is 5.92 Å². The van der Waals surface area contributed by atoms with Crippen molar-refractivity contribution in [3.63, 3.8) is 0 Å². The number of carboxylic acid groups (broad SMARTS) is 1. The van der Waals surface area contributed by atoms with E-state index in [1.807, 2.05) is 18.7 Å². The molecule has 0 aliphatic carbocycles. The molecule has 2 atom stereocenters. The van der Waals surface area contributed by atoms with Crippen LogP contribution in [0.25, 0.3) is 0 Å². The average molecular weight is 229 g/mol. The smallest absolute Gasteiger partial charge is 0.320 e. The maximum absolute atomic E-state index is 11.4. The monoisotopic (exact) mass is 229 g/mol. The summed E-state index contributed by atoms with van der Waals surface area (Å²) in [5, 5.41) is 8.81. The minimum Gasteiger partial charge on any atom is -0.481 e. The summed E-state index contributed by atoms with van der Waals surface area (Å²) in [7, 11) is 0. The third-order valence-corrected chi connectivity index (χ3v) is 2.88. The maximum atomic E-state index is 11.4. The number of esters is 1. The molecule has 0 spiro atoms. The van der Waals surface area contributed by atoms with E-state index < -0.39 is 5.97 Å². The first kappa shape index (κ1) is 13.0. The van der Waals surface area contributed by atoms with Crippen LogP contribution in [-0.2, 0) is 14.3 Å². The van der Waals surface area contributed by atoms with Gasteiger partial charge in [0.15, 0.2) is 0 Å². The van der Waals surface area contributed by atoms with Crippen molar-refractivity contribution in [3.05, 3.63) is 0 Å². The highest BCUT2D eigenvalue weighted by Gasteiger charge is 2.29. The lowest BCUT2D eigenvalue weighted by molar-refractivity contribution is -0.150. The van der Waals surface area contributed by atoms with E-state index >= 15 is 0 Å². The number of hydrogen-bond acceptors (Lipinski definition) is 4. The van der Waals surface area contributed by atoms with Gasteiger partial charge in [-0.3, -0.25) is 14.5 Å². The standard InChI is InChI=1S/C11H19NO4/c1-3-8(2)16-10(13)7-12-5-4-9(6-12)11(14)15/h8-9H,3-7H2,1-2H3,(H,14,15). The summed E-state index contributed by atoms with van der Waals surface area (Å²) in [4.78, 5) is 24.0. The van der Waals surface area contributed by atoms with Crippen LogP contribution < -0.4 is 0 Å². The fourth-order valence-corrected chi connectivity index (χ4v) is 1.71. The Balaban J connectivity index is 2.28. The molecule has 0 radical (unpaired) electrons. The zero-order valence-corrected chi connectivity index (χ0v) is 9.81. The molecule has 0 bridgehead atoms. The SMILES string of the molecule is CCC(C)OC(=O)CN1CCC(C(=O)O)C1. The van der Waals surface area contributed by atoms with Gasteiger partial charge in [0.05, 0.1) is 18.6 Å². The van der Waals surface area contributed by atoms with Crippen molar-refractivity contribution < 1.29 is 19.4 Å². The van der Waals surface area contributed by atoms with Crippen molar-refractivity contribution in [3.8, 4) is 0 Å². The number of aliphatic carboxylic acids is 1. The van der Waals surface area contributed by atoms with Crippen molar-refractivity contribution in [2.75, 3.05) is 19.6 Å². The second kappa shape index (κ2) is 5.84. The molecule has 5 nitrogen and oxygen atoms in total. The van der Waals surface area contributed by atoms with Gasteiger partial charge in [-0.2, -0.15) is 0 Å². The summed E-state index contributed by atoms with van der Waals surface area (Å²) >= 11 is 0. The van der Waals surface area contributed by atoms with Gasteiger partial charge >= 0.3 is 11.9 Å². The van der Waals surface area contributed by atoms with Crippen molar-refractivity contribution in [2.24, 2.45) is 5.92 Å². The van der Waals surface area contributed by atoms with Gasteiger partial charge in [-0.05, 0) is 26.3 Å². The molecule has 0 aromatic rings. The van der Waals surface area contributed by atoms with Gasteiger partial charge in [-0.25, -0.2) is 0 Å². The van der Waals surface area contributed by atoms with E-state index in [0.29, 0.717) is 19.5 Å². The highest BCUT2D eigenvalue weighted by Crippen LogP contribution is 2.16. The Labute approximate surface area is 95.4 Å². The lowest BCUT2D eigenvalue weighted by atomic mass is 10.1. The molecule has 1 rings (SSSR count). The molecule has 5 heteroatoms. The van der Waals surface area contributed by atoms with Gasteiger partial charge in [0.1, 0.15) is 0 Å². The van der Waals surface area contributed by atoms with E-state index in [-0.39, 0.29) is 24.5 Å². The third-order valence-electron chi connectivity index (χ3n) is 2.88. The molecule has 0 amide bonds. The lowest BCUT2D eigenvalue weighted by Gasteiger charge is -2.16. The van der Waals surface area contributed by atoms with Crippen LogP contribution >= 0.6 is 0 Å². The van der Waals surface area contributed by atoms with Gasteiger partial charge < -0.3 is 9.84 Å². The normalized spacial score (nSPS) is 23.0. The number of carbonyl (C=O) groups excluding carboxylic acids is 1. The summed E-state index contributed by atoms with van der Waals surface area (Å²) in [6, 6.07) is 0. The maximum Gasteiger partial charge on any atom is 0.320 e. The predicted molar refractivity (Wildman–Crippen MR) is 58.0 cm³/mol. The Bertz CT molecular complexity index is 267. The van der Waals surface area contributed by atoms with E-state index in [0.717, 1.165) is 6.42 Å². The Morgan fingerprint density at radius 1 is 1.56 bits per heavy atom. The van der Waals surface area contributed by atoms with Gasteiger partial charge in [0.2, 0.25) is 0 Å². The Morgan fingerprint density at radius 3 is 2.75 bits per heavy atom. The lowest BCUT2D eigenvalue weighted by Crippen LogP contribution is -2.31. The van der Waals surface area contributed by atoms with Gasteiger partial charge in [-0.15, -0.1) is 0 Å². The van der Waals surface area contributed by atoms with E-state index in [1.54, 1.807) is 0 Å². The first-order valence-electron chi connectivity index (χ1n) is 5.67. The highest BCUT2D eigenvalue weighted by molar-refractivity contribution is 5.73. The zero-order valence-electron chi connectivity index (χ0n) is 9.81. The zero-order chi connectivity index (χ0) is 12.1. The number of likely N-dealkylation sites (tertiary alicyclic amines) is 1. The van der Waals surface area contributed by atoms with Crippen molar-refractivity contribution in [1.82, 2.24) is 4.90 Å². The van der Waals surface area contributed by atoms with Crippen LogP contribution in [0.3, 0.4) is 0 Å². The van der Waals surface area contributed by atoms with E-state index in [9.17, 15) is 9.59 Å². The summed E-state index contributed by atoms with van der Waals surface area (Å²) in [6.45, 7) is 5.11. The van der Waals surface area contributed by atoms with Crippen molar-refractivity contribution in [2.45, 2.75) is 32.8 Å². The molecular formula is C11H19NO4. The van der Waals surface area contributed by atoms with E-state index in [1.165, 1.54) is 0 Å². The first-order valence-corrected chi connectivity index (χ1v) is 5.67. The number of carbonyl (C=O) groups is 2. The Morgan fingerprint density at radius 2 is 2.25 bits per heavy atom. The van der Waals surface area contributed by atoms with Crippen LogP contribution in [0.15, 0.2) is 0 Å². The Hall–Kier alpha value is -1.10. The van der Waals surface area contributed by atoms with Crippen LogP contribution in [-0.4, -0.2) is 47.7 Å². The minimum atomic E-state index is -0.780. The van der Waals surface area contributed by atoms with Crippen LogP contribution in [0.2, 0.25) is 0 Å². The van der Waals surface area contributed by atoms with Gasteiger partial charge in [0.25, 0.3) is 0 Å². The molecule has 1 N–H and O–H groups in total. The molecule has 1 aliphatic heterocycles. The minimum absolute atomic E-state index is 0.0645. The molecule has 0 saturated carbocycles. The molecule has 92 valence electrons. The van der Waals surface area contributed by atoms with E-state index in [2.05, 4.69) is 0 Å². The first-order chi connectivity index (χ1) is 7.52. The molecule has 16 heavy (non-hydrogen) atoms. The number of rotatable bonds is 5. The molecule has 1 heterocycles. The van der Waals surface area contributed by atoms with E-state index in [4.69, 9.17) is 9.84 Å². The van der Waals surface area contributed by atoms with Gasteiger partial charge in [0, 0.05) is 6.54 Å². The second-order valence-electron chi connectivity index (χ2n) is 4.27. The predicted octanol–water partition coefficient (Wildman–Crippen LogP) is 0.735. The fourth-order valence-electron chi connectivity index (χ4n) is 1.71. The number of carboxylic acids is 1. The molecule has 1 fully saturated rings. The van der Waals surface area contributed by atoms with Gasteiger partial charge in [-0.1, -0.05) is 6.92 Å². The molecule has 1 aliphatic rings. The number of hydrogen-bond donors (Lipinski definition) is 1. The summed E-state index contributed by atoms with van der Waals surface area (Å²) in [5.74, 6) is -1.38. The number of nitrogens with zero attached hydrogens (tertiary/aromatic N) is 1. The number of ether oxygens (including phenoxy) is 1. The van der Waals surface area contributed by atoms with Crippen LogP contribution in [0.5, 0.6) is 0 Å². The average Bonchev–Trinajstić information content (AvgIpc) is 2.65. The van der Waals surface area contributed by atoms with Crippen LogP contribution in [0.4, 0.5) is 0 Å². The molecule has 0 aromatic heterocycles. The fraction of sp³-hybridized carbons (Fsp3) is 0.818. The summed E-state index contributed by atoms with van der Waals surface area (Å²) < 4.78 is 5.13. The molecule has 2 unspecified atom stereocenters. The largest absolute Gasteiger partial charge is 0.481 e. The summed E-state index contributed by atoms with van der Waals surface area (Å²) in [6.07, 6.45) is 1.35. The quantitative estimate of drug-likeness (QED) is 0.704. The highest BCUT2D eigenvalue weighted by atomic mass is 16.5.